The van der Waals surface area contributed by atoms with Gasteiger partial charge in [-0.1, -0.05) is 6.92 Å². The third kappa shape index (κ3) is 7.12. The molecule has 2 heterocycles. The maximum Gasteiger partial charge on any atom is 0.287 e. The molecule has 0 saturated heterocycles. The van der Waals surface area contributed by atoms with Gasteiger partial charge in [-0.25, -0.2) is 4.98 Å². The molecule has 1 aromatic heterocycles. The fraction of sp³-hybridized carbons (Fsp3) is 0.556. The SMILES string of the molecule is C[C@H]1C=C(C(=O)NCCNc2ccc([N+](=O)[O-])cn2)O[C@@H](OCCCCO)C1. The van der Waals surface area contributed by atoms with Gasteiger partial charge in [0.2, 0.25) is 6.29 Å². The van der Waals surface area contributed by atoms with Crippen LogP contribution >= 0.6 is 0 Å². The highest BCUT2D eigenvalue weighted by atomic mass is 16.7. The average molecular weight is 394 g/mol. The average Bonchev–Trinajstić information content (AvgIpc) is 2.68. The summed E-state index contributed by atoms with van der Waals surface area (Å²) in [6.45, 7) is 3.32. The van der Waals surface area contributed by atoms with E-state index in [2.05, 4.69) is 15.6 Å². The Hall–Kier alpha value is -2.72. The quantitative estimate of drug-likeness (QED) is 0.292. The predicted molar refractivity (Wildman–Crippen MR) is 101 cm³/mol. The largest absolute Gasteiger partial charge is 0.459 e. The first-order chi connectivity index (χ1) is 13.5. The molecule has 2 atom stereocenters. The van der Waals surface area contributed by atoms with Crippen molar-refractivity contribution in [2.75, 3.05) is 31.6 Å². The molecule has 2 rings (SSSR count). The van der Waals surface area contributed by atoms with E-state index >= 15 is 0 Å². The van der Waals surface area contributed by atoms with Crippen LogP contribution in [-0.4, -0.2) is 53.5 Å². The molecule has 10 nitrogen and oxygen atoms in total. The van der Waals surface area contributed by atoms with Crippen LogP contribution < -0.4 is 10.6 Å². The van der Waals surface area contributed by atoms with Crippen LogP contribution in [0.3, 0.4) is 0 Å². The molecule has 0 aromatic carbocycles. The number of amides is 1. The van der Waals surface area contributed by atoms with Crippen molar-refractivity contribution in [3.05, 3.63) is 40.3 Å². The Bertz CT molecular complexity index is 679. The Kier molecular flexibility index (Phi) is 8.63. The van der Waals surface area contributed by atoms with Crippen LogP contribution in [0.15, 0.2) is 30.2 Å². The van der Waals surface area contributed by atoms with Crippen LogP contribution in [0.4, 0.5) is 11.5 Å². The molecular weight excluding hydrogens is 368 g/mol. The van der Waals surface area contributed by atoms with Crippen LogP contribution in [0.25, 0.3) is 0 Å². The first kappa shape index (κ1) is 21.6. The van der Waals surface area contributed by atoms with Crippen molar-refractivity contribution >= 4 is 17.4 Å². The van der Waals surface area contributed by atoms with E-state index in [0.29, 0.717) is 38.4 Å². The number of unbranched alkanes of at least 4 members (excludes halogenated alkanes) is 1. The molecule has 0 aliphatic carbocycles. The molecule has 0 saturated carbocycles. The van der Waals surface area contributed by atoms with Crippen molar-refractivity contribution in [2.45, 2.75) is 32.5 Å². The van der Waals surface area contributed by atoms with Crippen LogP contribution in [-0.2, 0) is 14.3 Å². The van der Waals surface area contributed by atoms with Gasteiger partial charge in [-0.05, 0) is 30.9 Å². The fourth-order valence-electron chi connectivity index (χ4n) is 2.57. The Morgan fingerprint density at radius 3 is 2.93 bits per heavy atom. The number of hydrogen-bond donors (Lipinski definition) is 3. The Morgan fingerprint density at radius 2 is 2.25 bits per heavy atom. The zero-order valence-corrected chi connectivity index (χ0v) is 15.8. The Morgan fingerprint density at radius 1 is 1.43 bits per heavy atom. The second kappa shape index (κ2) is 11.2. The number of carbonyl (C=O) groups is 1. The minimum absolute atomic E-state index is 0.0810. The van der Waals surface area contributed by atoms with Gasteiger partial charge in [-0.3, -0.25) is 14.9 Å². The third-order valence-corrected chi connectivity index (χ3v) is 4.01. The maximum atomic E-state index is 12.3. The van der Waals surface area contributed by atoms with Gasteiger partial charge in [-0.2, -0.15) is 0 Å². The van der Waals surface area contributed by atoms with Crippen molar-refractivity contribution < 1.29 is 24.3 Å². The van der Waals surface area contributed by atoms with Crippen molar-refractivity contribution in [3.63, 3.8) is 0 Å². The zero-order chi connectivity index (χ0) is 20.4. The molecule has 0 spiro atoms. The molecule has 1 amide bonds. The number of pyridine rings is 1. The number of ether oxygens (including phenoxy) is 2. The lowest BCUT2D eigenvalue weighted by molar-refractivity contribution is -0.385. The molecule has 154 valence electrons. The standard InChI is InChI=1S/C18H26N4O6/c1-13-10-15(28-17(11-13)27-9-3-2-8-23)18(24)20-7-6-19-16-5-4-14(12-21-16)22(25)26/h4-5,10,12-13,17,23H,2-3,6-9,11H2,1H3,(H,19,21)(H,20,24)/t13-,17+/m0/s1. The molecule has 1 aliphatic rings. The van der Waals surface area contributed by atoms with Gasteiger partial charge in [0, 0.05) is 32.2 Å². The number of nitrogens with one attached hydrogen (secondary N) is 2. The van der Waals surface area contributed by atoms with Gasteiger partial charge in [0.25, 0.3) is 11.6 Å². The Labute approximate surface area is 163 Å². The number of aliphatic hydroxyl groups excluding tert-OH is 1. The zero-order valence-electron chi connectivity index (χ0n) is 15.8. The molecule has 1 aliphatic heterocycles. The lowest BCUT2D eigenvalue weighted by Gasteiger charge is -2.27. The van der Waals surface area contributed by atoms with E-state index in [0.717, 1.165) is 6.42 Å². The van der Waals surface area contributed by atoms with Gasteiger partial charge in [-0.15, -0.1) is 0 Å². The first-order valence-electron chi connectivity index (χ1n) is 9.23. The summed E-state index contributed by atoms with van der Waals surface area (Å²) in [5.41, 5.74) is -0.0810. The van der Waals surface area contributed by atoms with Gasteiger partial charge < -0.3 is 25.2 Å². The van der Waals surface area contributed by atoms with Gasteiger partial charge >= 0.3 is 0 Å². The summed E-state index contributed by atoms with van der Waals surface area (Å²) in [6, 6.07) is 2.86. The fourth-order valence-corrected chi connectivity index (χ4v) is 2.57. The Balaban J connectivity index is 1.71. The highest BCUT2D eigenvalue weighted by molar-refractivity contribution is 5.91. The third-order valence-electron chi connectivity index (χ3n) is 4.01. The number of rotatable bonds is 11. The lowest BCUT2D eigenvalue weighted by Crippen LogP contribution is -2.35. The van der Waals surface area contributed by atoms with Gasteiger partial charge in [0.1, 0.15) is 12.0 Å². The van der Waals surface area contributed by atoms with E-state index in [1.807, 2.05) is 6.92 Å². The number of aliphatic hydroxyl groups is 1. The second-order valence-electron chi connectivity index (χ2n) is 6.43. The minimum Gasteiger partial charge on any atom is -0.459 e. The summed E-state index contributed by atoms with van der Waals surface area (Å²) >= 11 is 0. The molecule has 0 bridgehead atoms. The number of nitro groups is 1. The summed E-state index contributed by atoms with van der Waals surface area (Å²) in [6.07, 6.45) is 4.54. The number of allylic oxidation sites excluding steroid dienone is 1. The molecule has 0 fully saturated rings. The number of anilines is 1. The maximum absolute atomic E-state index is 12.3. The second-order valence-corrected chi connectivity index (χ2v) is 6.43. The number of hydrogen-bond acceptors (Lipinski definition) is 8. The van der Waals surface area contributed by atoms with Crippen LogP contribution in [0.5, 0.6) is 0 Å². The molecule has 1 aromatic rings. The molecular formula is C18H26N4O6. The van der Waals surface area contributed by atoms with Crippen LogP contribution in [0.2, 0.25) is 0 Å². The van der Waals surface area contributed by atoms with Crippen molar-refractivity contribution in [1.29, 1.82) is 0 Å². The van der Waals surface area contributed by atoms with E-state index in [9.17, 15) is 14.9 Å². The molecule has 0 radical (unpaired) electrons. The highest BCUT2D eigenvalue weighted by Gasteiger charge is 2.25. The van der Waals surface area contributed by atoms with Crippen molar-refractivity contribution in [3.8, 4) is 0 Å². The normalized spacial score (nSPS) is 18.7. The van der Waals surface area contributed by atoms with E-state index < -0.39 is 11.2 Å². The molecule has 28 heavy (non-hydrogen) atoms. The number of nitrogens with zero attached hydrogens (tertiary/aromatic N) is 2. The van der Waals surface area contributed by atoms with Gasteiger partial charge in [0.05, 0.1) is 11.5 Å². The number of aromatic nitrogens is 1. The van der Waals surface area contributed by atoms with Crippen molar-refractivity contribution in [1.82, 2.24) is 10.3 Å². The van der Waals surface area contributed by atoms with Crippen molar-refractivity contribution in [2.24, 2.45) is 5.92 Å². The topological polar surface area (TPSA) is 136 Å². The minimum atomic E-state index is -0.514. The summed E-state index contributed by atoms with van der Waals surface area (Å²) < 4.78 is 11.2. The molecule has 3 N–H and O–H groups in total. The van der Waals surface area contributed by atoms with E-state index in [-0.39, 0.29) is 29.9 Å². The monoisotopic (exact) mass is 394 g/mol. The summed E-state index contributed by atoms with van der Waals surface area (Å²) in [4.78, 5) is 26.3. The molecule has 0 unspecified atom stereocenters. The predicted octanol–water partition coefficient (Wildman–Crippen LogP) is 1.57. The summed E-state index contributed by atoms with van der Waals surface area (Å²) in [5.74, 6) is 0.547. The van der Waals surface area contributed by atoms with E-state index in [1.165, 1.54) is 18.3 Å². The van der Waals surface area contributed by atoms with E-state index in [4.69, 9.17) is 14.6 Å². The summed E-state index contributed by atoms with van der Waals surface area (Å²) in [5, 5.41) is 25.1. The van der Waals surface area contributed by atoms with Crippen LogP contribution in [0, 0.1) is 16.0 Å². The van der Waals surface area contributed by atoms with Gasteiger partial charge in [0.15, 0.2) is 5.76 Å². The summed E-state index contributed by atoms with van der Waals surface area (Å²) in [7, 11) is 0. The molecule has 10 heteroatoms. The van der Waals surface area contributed by atoms with E-state index in [1.54, 1.807) is 6.08 Å². The number of carbonyl (C=O) groups excluding carboxylic acids is 1. The lowest BCUT2D eigenvalue weighted by atomic mass is 10.0. The van der Waals surface area contributed by atoms with Crippen LogP contribution in [0.1, 0.15) is 26.2 Å². The highest BCUT2D eigenvalue weighted by Crippen LogP contribution is 2.23. The first-order valence-corrected chi connectivity index (χ1v) is 9.23. The smallest absolute Gasteiger partial charge is 0.287 e.